The van der Waals surface area contributed by atoms with Gasteiger partial charge in [-0.05, 0) is 24.5 Å². The summed E-state index contributed by atoms with van der Waals surface area (Å²) in [7, 11) is 0. The molecule has 94 valence electrons. The van der Waals surface area contributed by atoms with Crippen molar-refractivity contribution in [3.05, 3.63) is 47.5 Å². The lowest BCUT2D eigenvalue weighted by Crippen LogP contribution is -2.00. The molecular formula is C15H13N3O. The molecule has 0 aliphatic heterocycles. The number of rotatable bonds is 4. The second-order valence-electron chi connectivity index (χ2n) is 4.50. The van der Waals surface area contributed by atoms with Gasteiger partial charge in [0.25, 0.3) is 0 Å². The van der Waals surface area contributed by atoms with Crippen molar-refractivity contribution in [1.82, 2.24) is 4.98 Å². The third-order valence-corrected chi connectivity index (χ3v) is 2.88. The molecule has 4 heteroatoms. The number of hydrogen-bond acceptors (Lipinski definition) is 4. The Bertz CT molecular complexity index is 633. The maximum absolute atomic E-state index is 9.01. The van der Waals surface area contributed by atoms with Gasteiger partial charge in [0, 0.05) is 12.1 Å². The van der Waals surface area contributed by atoms with Gasteiger partial charge in [-0.3, -0.25) is 0 Å². The molecule has 3 rings (SSSR count). The Morgan fingerprint density at radius 3 is 2.74 bits per heavy atom. The number of aromatic nitrogens is 1. The van der Waals surface area contributed by atoms with Gasteiger partial charge < -0.3 is 9.73 Å². The molecule has 1 saturated carbocycles. The van der Waals surface area contributed by atoms with E-state index in [0.717, 1.165) is 18.4 Å². The van der Waals surface area contributed by atoms with Crippen LogP contribution in [0.5, 0.6) is 0 Å². The average molecular weight is 251 g/mol. The van der Waals surface area contributed by atoms with Gasteiger partial charge in [-0.2, -0.15) is 10.2 Å². The van der Waals surface area contributed by atoms with E-state index in [9.17, 15) is 0 Å². The molecule has 4 nitrogen and oxygen atoms in total. The summed E-state index contributed by atoms with van der Waals surface area (Å²) in [4.78, 5) is 4.15. The second-order valence-corrected chi connectivity index (χ2v) is 4.50. The highest BCUT2D eigenvalue weighted by Gasteiger charge is 2.24. The Hall–Kier alpha value is -2.54. The molecule has 0 radical (unpaired) electrons. The minimum Gasteiger partial charge on any atom is -0.420 e. The minimum atomic E-state index is 0.319. The quantitative estimate of drug-likeness (QED) is 0.905. The SMILES string of the molecule is N#Cc1nc(C=Cc2ccccc2)oc1NC1CC1. The zero-order valence-corrected chi connectivity index (χ0v) is 10.3. The molecule has 0 saturated heterocycles. The lowest BCUT2D eigenvalue weighted by Gasteiger charge is -1.96. The summed E-state index contributed by atoms with van der Waals surface area (Å²) in [5, 5.41) is 12.2. The molecule has 1 N–H and O–H groups in total. The van der Waals surface area contributed by atoms with Gasteiger partial charge in [0.15, 0.2) is 0 Å². The Morgan fingerprint density at radius 1 is 1.26 bits per heavy atom. The molecule has 1 aromatic heterocycles. The fourth-order valence-electron chi connectivity index (χ4n) is 1.73. The van der Waals surface area contributed by atoms with Crippen LogP contribution in [0.4, 0.5) is 5.88 Å². The van der Waals surface area contributed by atoms with Crippen LogP contribution in [-0.4, -0.2) is 11.0 Å². The largest absolute Gasteiger partial charge is 0.420 e. The van der Waals surface area contributed by atoms with Crippen LogP contribution in [0.3, 0.4) is 0 Å². The average Bonchev–Trinajstić information content (AvgIpc) is 3.17. The van der Waals surface area contributed by atoms with Gasteiger partial charge in [0.1, 0.15) is 6.07 Å². The molecule has 2 aromatic rings. The third-order valence-electron chi connectivity index (χ3n) is 2.88. The molecule has 1 aromatic carbocycles. The van der Waals surface area contributed by atoms with Crippen molar-refractivity contribution in [1.29, 1.82) is 5.26 Å². The lowest BCUT2D eigenvalue weighted by molar-refractivity contribution is 0.557. The standard InChI is InChI=1S/C15H13N3O/c16-10-13-15(17-12-7-8-12)19-14(18-13)9-6-11-4-2-1-3-5-11/h1-6,9,12,17H,7-8H2. The third kappa shape index (κ3) is 2.83. The summed E-state index contributed by atoms with van der Waals surface area (Å²) in [5.41, 5.74) is 1.38. The van der Waals surface area contributed by atoms with Gasteiger partial charge in [-0.25, -0.2) is 0 Å². The summed E-state index contributed by atoms with van der Waals surface area (Å²) in [6.45, 7) is 0. The van der Waals surface area contributed by atoms with Crippen LogP contribution in [0.1, 0.15) is 30.0 Å². The van der Waals surface area contributed by atoms with E-state index in [1.807, 2.05) is 42.5 Å². The highest BCUT2D eigenvalue weighted by Crippen LogP contribution is 2.27. The molecule has 0 bridgehead atoms. The predicted octanol–water partition coefficient (Wildman–Crippen LogP) is 3.29. The number of nitrogens with zero attached hydrogens (tertiary/aromatic N) is 2. The van der Waals surface area contributed by atoms with Crippen molar-refractivity contribution in [3.8, 4) is 6.07 Å². The van der Waals surface area contributed by atoms with Crippen molar-refractivity contribution in [3.63, 3.8) is 0 Å². The van der Waals surface area contributed by atoms with Crippen molar-refractivity contribution in [2.75, 3.05) is 5.32 Å². The minimum absolute atomic E-state index is 0.319. The fourth-order valence-corrected chi connectivity index (χ4v) is 1.73. The van der Waals surface area contributed by atoms with Crippen LogP contribution in [0.15, 0.2) is 34.7 Å². The molecule has 1 fully saturated rings. The molecule has 0 unspecified atom stereocenters. The smallest absolute Gasteiger partial charge is 0.232 e. The van der Waals surface area contributed by atoms with Crippen molar-refractivity contribution in [2.24, 2.45) is 0 Å². The highest BCUT2D eigenvalue weighted by molar-refractivity contribution is 5.67. The zero-order valence-electron chi connectivity index (χ0n) is 10.3. The van der Waals surface area contributed by atoms with E-state index in [1.54, 1.807) is 6.08 Å². The first kappa shape index (κ1) is 11.5. The number of oxazole rings is 1. The van der Waals surface area contributed by atoms with E-state index >= 15 is 0 Å². The van der Waals surface area contributed by atoms with Crippen LogP contribution < -0.4 is 5.32 Å². The summed E-state index contributed by atoms with van der Waals surface area (Å²) < 4.78 is 5.55. The number of nitrogens with one attached hydrogen (secondary N) is 1. The van der Waals surface area contributed by atoms with Crippen LogP contribution in [-0.2, 0) is 0 Å². The van der Waals surface area contributed by atoms with Crippen LogP contribution in [0.2, 0.25) is 0 Å². The molecule has 19 heavy (non-hydrogen) atoms. The van der Waals surface area contributed by atoms with Crippen LogP contribution >= 0.6 is 0 Å². The molecule has 0 amide bonds. The van der Waals surface area contributed by atoms with E-state index < -0.39 is 0 Å². The fraction of sp³-hybridized carbons (Fsp3) is 0.200. The van der Waals surface area contributed by atoms with Crippen molar-refractivity contribution >= 4 is 18.0 Å². The molecule has 0 atom stereocenters. The Kier molecular flexibility index (Phi) is 3.03. The Balaban J connectivity index is 1.79. The molecule has 1 aliphatic carbocycles. The monoisotopic (exact) mass is 251 g/mol. The molecular weight excluding hydrogens is 238 g/mol. The second kappa shape index (κ2) is 4.99. The van der Waals surface area contributed by atoms with Gasteiger partial charge in [0.05, 0.1) is 0 Å². The van der Waals surface area contributed by atoms with Crippen molar-refractivity contribution < 1.29 is 4.42 Å². The first-order valence-electron chi connectivity index (χ1n) is 6.26. The first-order valence-corrected chi connectivity index (χ1v) is 6.26. The van der Waals surface area contributed by atoms with Gasteiger partial charge in [0.2, 0.25) is 17.5 Å². The van der Waals surface area contributed by atoms with E-state index in [1.165, 1.54) is 0 Å². The van der Waals surface area contributed by atoms with Crippen LogP contribution in [0, 0.1) is 11.3 Å². The number of nitriles is 1. The van der Waals surface area contributed by atoms with Crippen LogP contribution in [0.25, 0.3) is 12.2 Å². The summed E-state index contributed by atoms with van der Waals surface area (Å²) in [6.07, 6.45) is 5.93. The first-order chi connectivity index (χ1) is 9.35. The van der Waals surface area contributed by atoms with E-state index in [4.69, 9.17) is 9.68 Å². The summed E-state index contributed by atoms with van der Waals surface area (Å²) in [5.74, 6) is 0.932. The van der Waals surface area contributed by atoms with E-state index in [2.05, 4.69) is 10.3 Å². The van der Waals surface area contributed by atoms with E-state index in [0.29, 0.717) is 23.5 Å². The predicted molar refractivity (Wildman–Crippen MR) is 73.2 cm³/mol. The van der Waals surface area contributed by atoms with E-state index in [-0.39, 0.29) is 0 Å². The lowest BCUT2D eigenvalue weighted by atomic mass is 10.2. The van der Waals surface area contributed by atoms with Gasteiger partial charge >= 0.3 is 0 Å². The Labute approximate surface area is 111 Å². The number of benzene rings is 1. The Morgan fingerprint density at radius 2 is 2.05 bits per heavy atom. The number of anilines is 1. The highest BCUT2D eigenvalue weighted by atomic mass is 16.4. The number of hydrogen-bond donors (Lipinski definition) is 1. The summed E-state index contributed by atoms with van der Waals surface area (Å²) >= 11 is 0. The van der Waals surface area contributed by atoms with Gasteiger partial charge in [-0.15, -0.1) is 0 Å². The van der Waals surface area contributed by atoms with Gasteiger partial charge in [-0.1, -0.05) is 30.3 Å². The molecule has 1 aliphatic rings. The van der Waals surface area contributed by atoms with Crippen molar-refractivity contribution in [2.45, 2.75) is 18.9 Å². The molecule has 0 spiro atoms. The normalized spacial score (nSPS) is 14.5. The topological polar surface area (TPSA) is 61.9 Å². The zero-order chi connectivity index (χ0) is 13.1. The molecule has 1 heterocycles. The maximum Gasteiger partial charge on any atom is 0.232 e. The summed E-state index contributed by atoms with van der Waals surface area (Å²) in [6, 6.07) is 12.4. The maximum atomic E-state index is 9.01.